The highest BCUT2D eigenvalue weighted by Gasteiger charge is 2.35. The molecule has 5 rings (SSSR count). The van der Waals surface area contributed by atoms with Crippen LogP contribution in [-0.4, -0.2) is 36.0 Å². The van der Waals surface area contributed by atoms with Gasteiger partial charge in [-0.25, -0.2) is 9.78 Å². The molecule has 0 radical (unpaired) electrons. The van der Waals surface area contributed by atoms with Crippen molar-refractivity contribution >= 4 is 43.6 Å². The first-order valence-electron chi connectivity index (χ1n) is 11.1. The summed E-state index contributed by atoms with van der Waals surface area (Å²) in [6.45, 7) is 2.31. The predicted octanol–water partition coefficient (Wildman–Crippen LogP) is 5.17. The molecule has 2 aromatic carbocycles. The van der Waals surface area contributed by atoms with Crippen LogP contribution >= 0.6 is 15.9 Å². The lowest BCUT2D eigenvalue weighted by atomic mass is 10.0. The van der Waals surface area contributed by atoms with E-state index in [0.717, 1.165) is 18.4 Å². The van der Waals surface area contributed by atoms with Crippen LogP contribution in [0.15, 0.2) is 64.5 Å². The minimum absolute atomic E-state index is 0.0652. The van der Waals surface area contributed by atoms with Gasteiger partial charge in [0.25, 0.3) is 0 Å². The van der Waals surface area contributed by atoms with Crippen LogP contribution in [0.3, 0.4) is 0 Å². The summed E-state index contributed by atoms with van der Waals surface area (Å²) in [5.74, 6) is -0.234. The quantitative estimate of drug-likeness (QED) is 0.311. The molecule has 7 nitrogen and oxygen atoms in total. The number of rotatable bonds is 8. The Balaban J connectivity index is 1.77. The lowest BCUT2D eigenvalue weighted by molar-refractivity contribution is 0.0527. The Bertz CT molecular complexity index is 1380. The topological polar surface area (TPSA) is 86.4 Å². The molecule has 0 spiro atoms. The minimum Gasteiger partial charge on any atom is -0.506 e. The standard InChI is InChI=1S/C25H24BrN3O4S/c1-2-33-25(31)23-21(14-34(32)17-6-4-3-5-7-17)29(16-8-9-16)20-12-19(26)24(30)18(22(20)23)13-28-11-10-27-15-28/h3-7,10-12,15-16,30H,2,8-9,13-14H2,1H3. The number of fused-ring (bicyclic) bond motifs is 1. The highest BCUT2D eigenvalue weighted by Crippen LogP contribution is 2.46. The number of phenols is 1. The maximum Gasteiger partial charge on any atom is 0.340 e. The zero-order valence-corrected chi connectivity index (χ0v) is 21.0. The van der Waals surface area contributed by atoms with Crippen molar-refractivity contribution in [2.24, 2.45) is 0 Å². The van der Waals surface area contributed by atoms with E-state index in [2.05, 4.69) is 25.5 Å². The summed E-state index contributed by atoms with van der Waals surface area (Å²) in [5, 5.41) is 11.7. The van der Waals surface area contributed by atoms with Crippen molar-refractivity contribution in [3.8, 4) is 5.75 Å². The van der Waals surface area contributed by atoms with E-state index in [1.807, 2.05) is 41.0 Å². The summed E-state index contributed by atoms with van der Waals surface area (Å²) in [7, 11) is -1.36. The number of carbonyl (C=O) groups excluding carboxylic acids is 1. The van der Waals surface area contributed by atoms with E-state index in [1.54, 1.807) is 25.6 Å². The van der Waals surface area contributed by atoms with E-state index in [0.29, 0.717) is 38.1 Å². The third-order valence-corrected chi connectivity index (χ3v) is 7.93. The fraction of sp³-hybridized carbons (Fsp3) is 0.280. The molecular formula is C25H24BrN3O4S. The molecule has 176 valence electrons. The number of ether oxygens (including phenoxy) is 1. The zero-order chi connectivity index (χ0) is 23.8. The van der Waals surface area contributed by atoms with Gasteiger partial charge in [0.05, 0.1) is 51.6 Å². The Morgan fingerprint density at radius 2 is 2.06 bits per heavy atom. The Morgan fingerprint density at radius 1 is 1.29 bits per heavy atom. The predicted molar refractivity (Wildman–Crippen MR) is 133 cm³/mol. The number of phenolic OH excluding ortho intramolecular Hbond substituents is 1. The first kappa shape index (κ1) is 22.9. The van der Waals surface area contributed by atoms with Gasteiger partial charge in [-0.2, -0.15) is 0 Å². The van der Waals surface area contributed by atoms with Crippen LogP contribution in [0.25, 0.3) is 10.9 Å². The van der Waals surface area contributed by atoms with Gasteiger partial charge in [0.2, 0.25) is 0 Å². The molecule has 1 fully saturated rings. The number of imidazole rings is 1. The van der Waals surface area contributed by atoms with E-state index in [4.69, 9.17) is 4.74 Å². The summed E-state index contributed by atoms with van der Waals surface area (Å²) in [6, 6.07) is 11.3. The molecule has 0 aliphatic heterocycles. The van der Waals surface area contributed by atoms with Crippen molar-refractivity contribution in [3.05, 3.63) is 76.4 Å². The largest absolute Gasteiger partial charge is 0.506 e. The molecule has 1 unspecified atom stereocenters. The Labute approximate surface area is 208 Å². The van der Waals surface area contributed by atoms with Gasteiger partial charge in [0.15, 0.2) is 0 Å². The van der Waals surface area contributed by atoms with E-state index in [9.17, 15) is 14.1 Å². The van der Waals surface area contributed by atoms with Crippen molar-refractivity contribution in [3.63, 3.8) is 0 Å². The molecule has 0 bridgehead atoms. The van der Waals surface area contributed by atoms with Crippen molar-refractivity contribution in [1.82, 2.24) is 14.1 Å². The van der Waals surface area contributed by atoms with E-state index >= 15 is 0 Å². The van der Waals surface area contributed by atoms with E-state index in [-0.39, 0.29) is 24.2 Å². The lowest BCUT2D eigenvalue weighted by Gasteiger charge is -2.12. The number of esters is 1. The molecule has 0 amide bonds. The van der Waals surface area contributed by atoms with Gasteiger partial charge < -0.3 is 19.0 Å². The smallest absolute Gasteiger partial charge is 0.340 e. The summed E-state index contributed by atoms with van der Waals surface area (Å²) in [4.78, 5) is 18.2. The fourth-order valence-corrected chi connectivity index (χ4v) is 5.98. The van der Waals surface area contributed by atoms with Crippen LogP contribution in [0.2, 0.25) is 0 Å². The molecule has 34 heavy (non-hydrogen) atoms. The van der Waals surface area contributed by atoms with Crippen LogP contribution < -0.4 is 0 Å². The number of halogens is 1. The number of aromatic hydroxyl groups is 1. The maximum absolute atomic E-state index is 13.4. The van der Waals surface area contributed by atoms with Crippen LogP contribution in [0, 0.1) is 0 Å². The molecule has 1 atom stereocenters. The van der Waals surface area contributed by atoms with Gasteiger partial charge in [-0.3, -0.25) is 4.21 Å². The second kappa shape index (κ2) is 9.38. The van der Waals surface area contributed by atoms with Gasteiger partial charge in [-0.1, -0.05) is 18.2 Å². The number of benzene rings is 2. The number of hydrogen-bond acceptors (Lipinski definition) is 5. The lowest BCUT2D eigenvalue weighted by Crippen LogP contribution is -2.12. The number of nitrogens with zero attached hydrogens (tertiary/aromatic N) is 3. The molecule has 9 heteroatoms. The maximum atomic E-state index is 13.4. The number of aromatic nitrogens is 3. The normalized spacial score (nSPS) is 14.4. The van der Waals surface area contributed by atoms with Crippen LogP contribution in [0.1, 0.15) is 47.4 Å². The van der Waals surface area contributed by atoms with E-state index < -0.39 is 16.8 Å². The monoisotopic (exact) mass is 541 g/mol. The average Bonchev–Trinajstić information content (AvgIpc) is 3.43. The summed E-state index contributed by atoms with van der Waals surface area (Å²) in [5.41, 5.74) is 2.48. The molecule has 2 heterocycles. The molecule has 1 aliphatic rings. The molecule has 1 N–H and O–H groups in total. The average molecular weight is 542 g/mol. The molecule has 4 aromatic rings. The number of carbonyl (C=O) groups is 1. The molecule has 1 aliphatic carbocycles. The molecule has 1 saturated carbocycles. The highest BCUT2D eigenvalue weighted by molar-refractivity contribution is 9.10. The Kier molecular flexibility index (Phi) is 6.31. The van der Waals surface area contributed by atoms with Gasteiger partial charge in [0, 0.05) is 40.0 Å². The van der Waals surface area contributed by atoms with Gasteiger partial charge in [-0.05, 0) is 53.9 Å². The zero-order valence-electron chi connectivity index (χ0n) is 18.6. The van der Waals surface area contributed by atoms with Crippen molar-refractivity contribution < 1.29 is 18.8 Å². The van der Waals surface area contributed by atoms with Crippen LogP contribution in [0.5, 0.6) is 5.75 Å². The molecule has 2 aromatic heterocycles. The SMILES string of the molecule is CCOC(=O)c1c(CS(=O)c2ccccc2)n(C2CC2)c2cc(Br)c(O)c(Cn3ccnc3)c12. The third-order valence-electron chi connectivity index (χ3n) is 5.99. The second-order valence-corrected chi connectivity index (χ2v) is 10.6. The van der Waals surface area contributed by atoms with Gasteiger partial charge in [-0.15, -0.1) is 0 Å². The third kappa shape index (κ3) is 4.18. The Morgan fingerprint density at radius 3 is 2.71 bits per heavy atom. The number of hydrogen-bond donors (Lipinski definition) is 1. The van der Waals surface area contributed by atoms with Gasteiger partial charge in [0.1, 0.15) is 5.75 Å². The Hall–Kier alpha value is -2.91. The van der Waals surface area contributed by atoms with Crippen LogP contribution in [0.4, 0.5) is 0 Å². The van der Waals surface area contributed by atoms with Crippen LogP contribution in [-0.2, 0) is 27.8 Å². The molecular weight excluding hydrogens is 518 g/mol. The molecule has 0 saturated heterocycles. The summed E-state index contributed by atoms with van der Waals surface area (Å²) < 4.78 is 23.4. The summed E-state index contributed by atoms with van der Waals surface area (Å²) in [6.07, 6.45) is 7.10. The highest BCUT2D eigenvalue weighted by atomic mass is 79.9. The van der Waals surface area contributed by atoms with Crippen molar-refractivity contribution in [1.29, 1.82) is 0 Å². The van der Waals surface area contributed by atoms with Crippen molar-refractivity contribution in [2.75, 3.05) is 6.61 Å². The summed E-state index contributed by atoms with van der Waals surface area (Å²) >= 11 is 3.50. The van der Waals surface area contributed by atoms with Gasteiger partial charge >= 0.3 is 5.97 Å². The fourth-order valence-electron chi connectivity index (χ4n) is 4.37. The minimum atomic E-state index is -1.36. The second-order valence-electron chi connectivity index (χ2n) is 8.26. The van der Waals surface area contributed by atoms with E-state index in [1.165, 1.54) is 0 Å². The first-order chi connectivity index (χ1) is 16.5. The van der Waals surface area contributed by atoms with Crippen molar-refractivity contribution in [2.45, 2.75) is 43.0 Å². The first-order valence-corrected chi connectivity index (χ1v) is 13.2.